The minimum Gasteiger partial charge on any atom is -0.479 e. The maximum absolute atomic E-state index is 14.5. The number of carbonyl (C=O) groups excluding carboxylic acids is 3. The summed E-state index contributed by atoms with van der Waals surface area (Å²) in [5.41, 5.74) is 0.928. The average molecular weight is 777 g/mol. The van der Waals surface area contributed by atoms with Gasteiger partial charge in [0.2, 0.25) is 17.7 Å². The number of allylic oxidation sites excluding steroid dienone is 1. The van der Waals surface area contributed by atoms with E-state index in [1.807, 2.05) is 60.0 Å². The van der Waals surface area contributed by atoms with Gasteiger partial charge in [-0.15, -0.1) is 11.3 Å². The Labute approximate surface area is 328 Å². The summed E-state index contributed by atoms with van der Waals surface area (Å²) in [6.45, 7) is 5.20. The molecule has 4 aromatic rings. The molecule has 1 saturated heterocycles. The smallest absolute Gasteiger partial charge is 0.408 e. The molecule has 2 aliphatic heterocycles. The van der Waals surface area contributed by atoms with Crippen molar-refractivity contribution < 1.29 is 33.8 Å². The Morgan fingerprint density at radius 1 is 1.05 bits per heavy atom. The first-order valence-electron chi connectivity index (χ1n) is 18.8. The van der Waals surface area contributed by atoms with Gasteiger partial charge in [0.25, 0.3) is 0 Å². The predicted octanol–water partition coefficient (Wildman–Crippen LogP) is 5.87. The van der Waals surface area contributed by atoms with E-state index in [0.29, 0.717) is 29.6 Å². The molecule has 1 aliphatic carbocycles. The third-order valence-electron chi connectivity index (χ3n) is 9.99. The summed E-state index contributed by atoms with van der Waals surface area (Å²) in [7, 11) is 0. The Bertz CT molecular complexity index is 2210. The molecular formula is C42H44N6O7S. The number of rotatable bonds is 5. The molecule has 7 rings (SSSR count). The summed E-state index contributed by atoms with van der Waals surface area (Å²) in [5.74, 6) is 3.93. The van der Waals surface area contributed by atoms with E-state index in [1.165, 1.54) is 16.2 Å². The lowest BCUT2D eigenvalue weighted by Crippen LogP contribution is -2.56. The SMILES string of the molecule is CC(C)(C)OC(=O)N[C@@H]1CCCCC/C=C\C2CC2(C(=O)O)NC(=O)C2C[C@@H](Oc3nc4ccc(C#Cc5cccnc5)cc4nc3-c3cccs3)CN2C1=O. The van der Waals surface area contributed by atoms with Gasteiger partial charge in [-0.1, -0.05) is 42.9 Å². The molecule has 2 fully saturated rings. The number of carbonyl (C=O) groups is 4. The minimum atomic E-state index is -1.47. The van der Waals surface area contributed by atoms with E-state index in [0.717, 1.165) is 35.3 Å². The van der Waals surface area contributed by atoms with E-state index in [1.54, 1.807) is 33.2 Å². The van der Waals surface area contributed by atoms with Gasteiger partial charge < -0.3 is 30.1 Å². The number of hydrogen-bond acceptors (Lipinski definition) is 10. The maximum atomic E-state index is 14.5. The number of nitrogens with zero attached hydrogens (tertiary/aromatic N) is 4. The van der Waals surface area contributed by atoms with Crippen LogP contribution in [0.3, 0.4) is 0 Å². The van der Waals surface area contributed by atoms with Gasteiger partial charge in [-0.3, -0.25) is 14.6 Å². The molecule has 1 aromatic carbocycles. The van der Waals surface area contributed by atoms with Crippen LogP contribution in [-0.2, 0) is 19.1 Å². The molecular weight excluding hydrogens is 733 g/mol. The van der Waals surface area contributed by atoms with Crippen LogP contribution in [0.25, 0.3) is 21.6 Å². The molecule has 3 aliphatic rings. The molecule has 3 aromatic heterocycles. The van der Waals surface area contributed by atoms with Crippen molar-refractivity contribution >= 4 is 46.2 Å². The van der Waals surface area contributed by atoms with Gasteiger partial charge >= 0.3 is 12.1 Å². The highest BCUT2D eigenvalue weighted by Gasteiger charge is 2.61. The monoisotopic (exact) mass is 776 g/mol. The van der Waals surface area contributed by atoms with Crippen LogP contribution in [0.4, 0.5) is 4.79 Å². The van der Waals surface area contributed by atoms with Crippen LogP contribution >= 0.6 is 11.3 Å². The molecule has 0 radical (unpaired) electrons. The topological polar surface area (TPSA) is 173 Å². The van der Waals surface area contributed by atoms with Crippen LogP contribution < -0.4 is 15.4 Å². The second-order valence-electron chi connectivity index (χ2n) is 15.4. The van der Waals surface area contributed by atoms with Crippen LogP contribution in [0.5, 0.6) is 5.88 Å². The molecule has 0 spiro atoms. The number of amides is 3. The first-order valence-corrected chi connectivity index (χ1v) is 19.7. The van der Waals surface area contributed by atoms with Crippen LogP contribution in [0, 0.1) is 17.8 Å². The number of benzene rings is 1. The molecule has 3 unspecified atom stereocenters. The van der Waals surface area contributed by atoms with Crippen molar-refractivity contribution in [3.05, 3.63) is 83.5 Å². The van der Waals surface area contributed by atoms with Gasteiger partial charge in [-0.05, 0) is 88.2 Å². The molecule has 5 heterocycles. The summed E-state index contributed by atoms with van der Waals surface area (Å²) < 4.78 is 12.1. The number of ether oxygens (including phenoxy) is 2. The van der Waals surface area contributed by atoms with E-state index >= 15 is 0 Å². The highest BCUT2D eigenvalue weighted by atomic mass is 32.1. The van der Waals surface area contributed by atoms with E-state index < -0.39 is 53.2 Å². The number of aromatic nitrogens is 3. The van der Waals surface area contributed by atoms with Crippen molar-refractivity contribution in [1.29, 1.82) is 0 Å². The highest BCUT2D eigenvalue weighted by molar-refractivity contribution is 7.13. The van der Waals surface area contributed by atoms with Crippen molar-refractivity contribution in [2.24, 2.45) is 5.92 Å². The summed E-state index contributed by atoms with van der Waals surface area (Å²) in [5, 5.41) is 17.7. The average Bonchev–Trinajstić information content (AvgIpc) is 3.45. The van der Waals surface area contributed by atoms with Crippen molar-refractivity contribution in [3.63, 3.8) is 0 Å². The first kappa shape index (κ1) is 38.5. The lowest BCUT2D eigenvalue weighted by molar-refractivity contribution is -0.145. The number of pyridine rings is 1. The van der Waals surface area contributed by atoms with Crippen LogP contribution in [-0.4, -0.2) is 84.7 Å². The molecule has 3 amide bonds. The molecule has 290 valence electrons. The highest BCUT2D eigenvalue weighted by Crippen LogP contribution is 2.45. The lowest BCUT2D eigenvalue weighted by Gasteiger charge is -2.30. The summed E-state index contributed by atoms with van der Waals surface area (Å²) >= 11 is 1.47. The molecule has 1 saturated carbocycles. The molecule has 3 N–H and O–H groups in total. The van der Waals surface area contributed by atoms with Crippen molar-refractivity contribution in [3.8, 4) is 28.3 Å². The van der Waals surface area contributed by atoms with Gasteiger partial charge in [0.1, 0.15) is 35.0 Å². The second-order valence-corrected chi connectivity index (χ2v) is 16.3. The Kier molecular flexibility index (Phi) is 11.1. The normalized spacial score (nSPS) is 24.6. The third kappa shape index (κ3) is 8.84. The number of carboxylic acid groups (broad SMARTS) is 1. The van der Waals surface area contributed by atoms with Gasteiger partial charge in [0.15, 0.2) is 0 Å². The zero-order valence-electron chi connectivity index (χ0n) is 31.5. The first-order chi connectivity index (χ1) is 26.9. The minimum absolute atomic E-state index is 0.0146. The maximum Gasteiger partial charge on any atom is 0.408 e. The molecule has 0 bridgehead atoms. The summed E-state index contributed by atoms with van der Waals surface area (Å²) in [4.78, 5) is 70.3. The summed E-state index contributed by atoms with van der Waals surface area (Å²) in [6, 6.07) is 11.0. The number of thiophene rings is 1. The number of nitrogens with one attached hydrogen (secondary N) is 2. The van der Waals surface area contributed by atoms with Gasteiger partial charge in [0.05, 0.1) is 22.5 Å². The third-order valence-corrected chi connectivity index (χ3v) is 10.9. The van der Waals surface area contributed by atoms with Gasteiger partial charge in [0, 0.05) is 35.9 Å². The molecule has 13 nitrogen and oxygen atoms in total. The van der Waals surface area contributed by atoms with Gasteiger partial charge in [-0.25, -0.2) is 19.6 Å². The number of carboxylic acids is 1. The fourth-order valence-corrected chi connectivity index (χ4v) is 7.81. The Hall–Kier alpha value is -5.81. The fraction of sp³-hybridized carbons (Fsp3) is 0.405. The number of hydrogen-bond donors (Lipinski definition) is 3. The van der Waals surface area contributed by atoms with E-state index in [9.17, 15) is 24.3 Å². The largest absolute Gasteiger partial charge is 0.479 e. The lowest BCUT2D eigenvalue weighted by atomic mass is 10.0. The summed E-state index contributed by atoms with van der Waals surface area (Å²) in [6.07, 6.45) is 9.37. The van der Waals surface area contributed by atoms with Crippen molar-refractivity contribution in [1.82, 2.24) is 30.5 Å². The Morgan fingerprint density at radius 2 is 1.89 bits per heavy atom. The van der Waals surface area contributed by atoms with E-state index in [4.69, 9.17) is 19.4 Å². The Morgan fingerprint density at radius 3 is 2.64 bits per heavy atom. The predicted molar refractivity (Wildman–Crippen MR) is 210 cm³/mol. The molecule has 56 heavy (non-hydrogen) atoms. The van der Waals surface area contributed by atoms with E-state index in [-0.39, 0.29) is 31.2 Å². The Balaban J connectivity index is 1.20. The van der Waals surface area contributed by atoms with Crippen LogP contribution in [0.2, 0.25) is 0 Å². The van der Waals surface area contributed by atoms with Crippen molar-refractivity contribution in [2.75, 3.05) is 6.54 Å². The van der Waals surface area contributed by atoms with Crippen LogP contribution in [0.1, 0.15) is 76.8 Å². The number of alkyl carbamates (subject to hydrolysis) is 1. The van der Waals surface area contributed by atoms with Gasteiger partial charge in [-0.2, -0.15) is 0 Å². The van der Waals surface area contributed by atoms with Crippen LogP contribution in [0.15, 0.2) is 72.4 Å². The second kappa shape index (κ2) is 16.1. The standard InChI is InChI=1S/C42H44N6O7S/c1-41(2,3)55-40(53)46-31-13-8-6-4-5-7-12-28-23-42(28,39(51)52)47-36(49)33-22-29(25-48(33)38(31)50)54-37-35(34-14-10-20-56-34)44-32-21-26(17-18-30(32)45-37)15-16-27-11-9-19-43-24-27/h7,9-12,14,17-21,24,28-29,31,33H,4-6,8,13,22-23,25H2,1-3H3,(H,46,53)(H,47,49)(H,51,52)/b12-7-/t28?,29-,31-,33?,42?/m1/s1. The van der Waals surface area contributed by atoms with E-state index in [2.05, 4.69) is 27.5 Å². The number of aliphatic carboxylic acids is 1. The van der Waals surface area contributed by atoms with Crippen molar-refractivity contribution in [2.45, 2.75) is 95.0 Å². The zero-order valence-corrected chi connectivity index (χ0v) is 32.3. The molecule has 14 heteroatoms. The molecule has 5 atom stereocenters. The fourth-order valence-electron chi connectivity index (χ4n) is 7.11. The zero-order chi connectivity index (χ0) is 39.5. The number of fused-ring (bicyclic) bond motifs is 3. The quantitative estimate of drug-likeness (QED) is 0.164.